The van der Waals surface area contributed by atoms with Gasteiger partial charge in [-0.2, -0.15) is 0 Å². The van der Waals surface area contributed by atoms with Gasteiger partial charge in [0.1, 0.15) is 0 Å². The Labute approximate surface area is 211 Å². The van der Waals surface area contributed by atoms with Crippen LogP contribution in [0.15, 0.2) is 0 Å². The Morgan fingerprint density at radius 3 is 0.944 bits per heavy atom. The average Bonchev–Trinajstić information content (AvgIpc) is 2.57. The molecule has 0 aliphatic heterocycles. The second-order valence-electron chi connectivity index (χ2n) is 0.600. The van der Waals surface area contributed by atoms with Gasteiger partial charge in [0.25, 0.3) is 0 Å². The van der Waals surface area contributed by atoms with E-state index in [-0.39, 0.29) is 0 Å². The van der Waals surface area contributed by atoms with E-state index in [0.717, 1.165) is 6.54 Å². The molecular weight excluding hydrogens is 1940 g/mol. The molecule has 1 nitrogen and oxygen atoms in total. The van der Waals surface area contributed by atoms with Gasteiger partial charge in [-0.05, 0) is 0 Å². The Morgan fingerprint density at radius 2 is 0.889 bits per heavy atom. The van der Waals surface area contributed by atoms with Gasteiger partial charge in [0.2, 0.25) is 0 Å². The molecule has 0 aliphatic carbocycles. The number of rotatable bonds is 3. The van der Waals surface area contributed by atoms with Crippen LogP contribution in [0, 0.1) is 0 Å². The third kappa shape index (κ3) is 115. The zero-order valence-electron chi connectivity index (χ0n) is 10.3. The summed E-state index contributed by atoms with van der Waals surface area (Å²) in [5.41, 5.74) is 0. The average molecular weight is 1950 g/mol. The fourth-order valence-corrected chi connectivity index (χ4v) is 0.591. The maximum absolute atomic E-state index is 2.99. The summed E-state index contributed by atoms with van der Waals surface area (Å²) in [7, 11) is 0. The van der Waals surface area contributed by atoms with Crippen LogP contribution in [-0.2, 0) is 168 Å². The molecule has 0 radical (unpaired) electrons. The fraction of sp³-hybridized carbons (Fsp3) is 0.714. The first-order valence-electron chi connectivity index (χ1n) is 4.03. The molecule has 0 saturated heterocycles. The maximum atomic E-state index is 2.99. The van der Waals surface area contributed by atoms with Crippen LogP contribution >= 0.6 is 0 Å². The van der Waals surface area contributed by atoms with Crippen molar-refractivity contribution in [3.05, 3.63) is 0 Å². The summed E-state index contributed by atoms with van der Waals surface area (Å²) in [6, 6.07) is 0. The van der Waals surface area contributed by atoms with Gasteiger partial charge in [0.15, 0.2) is 0 Å². The summed E-state index contributed by atoms with van der Waals surface area (Å²) >= 11 is 16.1. The molecule has 1 N–H and O–H groups in total. The predicted molar refractivity (Wildman–Crippen MR) is 40.7 cm³/mol. The molecule has 18 heavy (non-hydrogen) atoms. The molecule has 0 spiro atoms. The van der Waals surface area contributed by atoms with Gasteiger partial charge in [0.05, 0.1) is 0 Å². The van der Waals surface area contributed by atoms with E-state index in [1.54, 1.807) is 130 Å². The quantitative estimate of drug-likeness (QED) is 0.254. The van der Waals surface area contributed by atoms with Crippen molar-refractivity contribution in [2.75, 3.05) is 6.54 Å². The van der Waals surface area contributed by atoms with Crippen molar-refractivity contribution in [3.8, 4) is 0 Å². The fourth-order valence-electron chi connectivity index (χ4n) is 0.0722. The second-order valence-corrected chi connectivity index (χ2v) is 2.37. The Balaban J connectivity index is -0.0000000174. The number of nitrogens with one attached hydrogen (secondary N) is 1. The molecule has 0 amide bonds. The molecule has 11 heteroatoms. The van der Waals surface area contributed by atoms with E-state index in [0.29, 0.717) is 0 Å². The Morgan fingerprint density at radius 1 is 0.667 bits per heavy atom. The van der Waals surface area contributed by atoms with Crippen LogP contribution in [0.2, 0.25) is 0 Å². The van der Waals surface area contributed by atoms with Gasteiger partial charge in [-0.1, -0.05) is 27.7 Å². The van der Waals surface area contributed by atoms with Crippen molar-refractivity contribution in [2.24, 2.45) is 0 Å². The molecule has 0 aliphatic rings. The van der Waals surface area contributed by atoms with Crippen molar-refractivity contribution in [3.63, 3.8) is 0 Å². The molecule has 0 heterocycles. The molecule has 0 unspecified atom stereocenters. The van der Waals surface area contributed by atoms with E-state index in [1.807, 2.05) is 27.7 Å². The van der Waals surface area contributed by atoms with Crippen LogP contribution in [0.1, 0.15) is 27.7 Å². The zero-order valence-corrected chi connectivity index (χ0v) is 39.6. The van der Waals surface area contributed by atoms with Gasteiger partial charge >= 0.3 is 189 Å². The second kappa shape index (κ2) is 107. The topological polar surface area (TPSA) is 12.0 Å². The molecule has 0 bridgehead atoms. The van der Waals surface area contributed by atoms with Crippen molar-refractivity contribution in [1.82, 2.24) is 5.32 Å². The Hall–Kier alpha value is 6.58. The summed E-state index contributed by atoms with van der Waals surface area (Å²) in [4.78, 5) is 0. The van der Waals surface area contributed by atoms with Gasteiger partial charge < -0.3 is 0 Å². The normalized spacial score (nSPS) is 4.00. The zero-order chi connectivity index (χ0) is 16.8. The minimum atomic E-state index is 0.860. The number of hydrogen-bond donors (Lipinski definition) is 1. The van der Waals surface area contributed by atoms with Gasteiger partial charge in [-0.15, -0.1) is 0 Å². The van der Waals surface area contributed by atoms with Crippen molar-refractivity contribution in [2.45, 2.75) is 27.7 Å². The predicted octanol–water partition coefficient (Wildman–Crippen LogP) is 1.02. The van der Waals surface area contributed by atoms with E-state index >= 15 is 0 Å². The molecule has 0 aromatic carbocycles. The van der Waals surface area contributed by atoms with E-state index in [1.165, 1.54) is 38.7 Å². The first kappa shape index (κ1) is 44.2. The summed E-state index contributed by atoms with van der Waals surface area (Å²) < 4.78 is 5.84. The monoisotopic (exact) mass is 1950 g/mol. The number of hydrogen-bond acceptors (Lipinski definition) is 1. The molecular formula is C7H15NW10-2. The van der Waals surface area contributed by atoms with E-state index in [9.17, 15) is 0 Å². The third-order valence-corrected chi connectivity index (χ3v) is 1.27. The van der Waals surface area contributed by atoms with Crippen molar-refractivity contribution < 1.29 is 168 Å². The van der Waals surface area contributed by atoms with Crippen LogP contribution in [0.25, 0.3) is 0 Å². The SMILES string of the molecule is CC.CC.[W]=[C-]CN[C-]=[W].[W]=[W].[W]=[W].[W]=[W].[W]=[W]. The summed E-state index contributed by atoms with van der Waals surface area (Å²) in [6.45, 7) is 8.86. The van der Waals surface area contributed by atoms with Gasteiger partial charge in [-0.25, -0.2) is 0 Å². The minimum absolute atomic E-state index is 0.860. The molecule has 0 saturated carbocycles. The Kier molecular flexibility index (Phi) is 264. The van der Waals surface area contributed by atoms with E-state index < -0.39 is 0 Å². The van der Waals surface area contributed by atoms with Crippen LogP contribution in [0.3, 0.4) is 0 Å². The van der Waals surface area contributed by atoms with Crippen LogP contribution in [0.5, 0.6) is 0 Å². The molecule has 0 rings (SSSR count). The van der Waals surface area contributed by atoms with E-state index in [2.05, 4.69) is 14.2 Å². The molecule has 0 aromatic heterocycles. The molecule has 0 aromatic rings. The van der Waals surface area contributed by atoms with E-state index in [4.69, 9.17) is 0 Å². The Bertz CT molecular complexity index is 88.2. The van der Waals surface area contributed by atoms with Crippen LogP contribution < -0.4 is 5.32 Å². The van der Waals surface area contributed by atoms with Crippen LogP contribution in [0.4, 0.5) is 0 Å². The van der Waals surface area contributed by atoms with Gasteiger partial charge in [0, 0.05) is 0 Å². The standard InChI is InChI=1S/C3H3N.2C2H6.10W/c1-3-4-2;2*1-2;;;;;;;;;;/h4H,3H2;2*1-2H3;;;;;;;;;;/q-2;;;;;;;;;;;;. The van der Waals surface area contributed by atoms with Gasteiger partial charge in [-0.3, -0.25) is 0 Å². The van der Waals surface area contributed by atoms with Crippen molar-refractivity contribution >= 4 is 8.93 Å². The first-order valence-corrected chi connectivity index (χ1v) is 51.0. The summed E-state index contributed by atoms with van der Waals surface area (Å²) in [6.07, 6.45) is 0. The summed E-state index contributed by atoms with van der Waals surface area (Å²) in [5, 5.41) is 2.89. The molecule has 0 fully saturated rings. The van der Waals surface area contributed by atoms with Crippen molar-refractivity contribution in [1.29, 1.82) is 0 Å². The molecule has 0 atom stereocenters. The summed E-state index contributed by atoms with van der Waals surface area (Å²) in [5.74, 6) is 0. The van der Waals surface area contributed by atoms with Crippen LogP contribution in [-0.4, -0.2) is 15.5 Å². The first-order chi connectivity index (χ1) is 8.91. The third-order valence-electron chi connectivity index (χ3n) is 0.233. The molecule has 110 valence electrons.